The Bertz CT molecular complexity index is 578. The van der Waals surface area contributed by atoms with Gasteiger partial charge in [-0.05, 0) is 32.3 Å². The van der Waals surface area contributed by atoms with Crippen LogP contribution in [-0.2, 0) is 0 Å². The van der Waals surface area contributed by atoms with Gasteiger partial charge < -0.3 is 4.90 Å². The van der Waals surface area contributed by atoms with Crippen molar-refractivity contribution in [3.05, 3.63) is 41.7 Å². The second kappa shape index (κ2) is 5.40. The molecule has 2 aromatic heterocycles. The Morgan fingerprint density at radius 3 is 2.95 bits per heavy atom. The zero-order chi connectivity index (χ0) is 13.9. The first-order valence-electron chi connectivity index (χ1n) is 6.84. The van der Waals surface area contributed by atoms with E-state index in [0.29, 0.717) is 5.69 Å². The van der Waals surface area contributed by atoms with Crippen LogP contribution >= 0.6 is 0 Å². The van der Waals surface area contributed by atoms with Crippen LogP contribution in [0.1, 0.15) is 47.2 Å². The van der Waals surface area contributed by atoms with Gasteiger partial charge in [0.1, 0.15) is 5.69 Å². The number of piperidine rings is 1. The summed E-state index contributed by atoms with van der Waals surface area (Å²) < 4.78 is 0. The first-order chi connectivity index (χ1) is 9.75. The number of carbonyl (C=O) groups is 1. The summed E-state index contributed by atoms with van der Waals surface area (Å²) in [4.78, 5) is 22.8. The Morgan fingerprint density at radius 2 is 2.25 bits per heavy atom. The third-order valence-electron chi connectivity index (χ3n) is 3.64. The van der Waals surface area contributed by atoms with E-state index in [0.717, 1.165) is 37.2 Å². The number of likely N-dealkylation sites (tertiary alicyclic amines) is 1. The smallest absolute Gasteiger partial charge is 0.274 e. The van der Waals surface area contributed by atoms with Crippen molar-refractivity contribution in [3.8, 4) is 0 Å². The minimum atomic E-state index is -0.0585. The van der Waals surface area contributed by atoms with E-state index in [1.165, 1.54) is 0 Å². The van der Waals surface area contributed by atoms with Crippen LogP contribution in [0.2, 0.25) is 0 Å². The normalized spacial score (nSPS) is 19.1. The molecule has 2 aromatic rings. The molecule has 0 aromatic carbocycles. The summed E-state index contributed by atoms with van der Waals surface area (Å²) in [5, 5.41) is 6.96. The molecule has 0 radical (unpaired) electrons. The zero-order valence-electron chi connectivity index (χ0n) is 11.4. The van der Waals surface area contributed by atoms with Gasteiger partial charge in [0.05, 0.1) is 23.6 Å². The molecular weight excluding hydrogens is 254 g/mol. The van der Waals surface area contributed by atoms with Crippen LogP contribution in [0.3, 0.4) is 0 Å². The maximum absolute atomic E-state index is 12.6. The van der Waals surface area contributed by atoms with Gasteiger partial charge in [0.15, 0.2) is 0 Å². The van der Waals surface area contributed by atoms with Gasteiger partial charge in [-0.25, -0.2) is 4.98 Å². The number of H-pyrrole nitrogens is 1. The molecule has 0 bridgehead atoms. The van der Waals surface area contributed by atoms with Gasteiger partial charge in [0.25, 0.3) is 5.91 Å². The molecule has 104 valence electrons. The fraction of sp³-hybridized carbons (Fsp3) is 0.429. The molecule has 1 aliphatic heterocycles. The number of aryl methyl sites for hydroxylation is 1. The van der Waals surface area contributed by atoms with Crippen molar-refractivity contribution in [2.24, 2.45) is 0 Å². The quantitative estimate of drug-likeness (QED) is 0.904. The van der Waals surface area contributed by atoms with Crippen molar-refractivity contribution in [1.29, 1.82) is 0 Å². The van der Waals surface area contributed by atoms with Gasteiger partial charge in [-0.3, -0.25) is 14.9 Å². The van der Waals surface area contributed by atoms with Crippen LogP contribution in [0.15, 0.2) is 24.7 Å². The summed E-state index contributed by atoms with van der Waals surface area (Å²) in [6.07, 6.45) is 7.99. The number of carbonyl (C=O) groups excluding carboxylic acids is 1. The molecule has 1 unspecified atom stereocenters. The van der Waals surface area contributed by atoms with Crippen molar-refractivity contribution in [1.82, 2.24) is 25.1 Å². The lowest BCUT2D eigenvalue weighted by atomic mass is 9.99. The van der Waals surface area contributed by atoms with E-state index in [-0.39, 0.29) is 11.9 Å². The van der Waals surface area contributed by atoms with E-state index in [1.807, 2.05) is 17.9 Å². The van der Waals surface area contributed by atoms with E-state index in [9.17, 15) is 4.79 Å². The number of aromatic amines is 1. The minimum Gasteiger partial charge on any atom is -0.329 e. The average Bonchev–Trinajstić information content (AvgIpc) is 3.01. The van der Waals surface area contributed by atoms with Crippen molar-refractivity contribution in [3.63, 3.8) is 0 Å². The molecule has 20 heavy (non-hydrogen) atoms. The molecule has 1 N–H and O–H groups in total. The second-order valence-corrected chi connectivity index (χ2v) is 5.07. The molecule has 0 saturated carbocycles. The van der Waals surface area contributed by atoms with Gasteiger partial charge in [-0.15, -0.1) is 0 Å². The monoisotopic (exact) mass is 271 g/mol. The lowest BCUT2D eigenvalue weighted by Crippen LogP contribution is -2.39. The largest absolute Gasteiger partial charge is 0.329 e. The number of hydrogen-bond acceptors (Lipinski definition) is 4. The summed E-state index contributed by atoms with van der Waals surface area (Å²) in [7, 11) is 0. The molecule has 6 heteroatoms. The minimum absolute atomic E-state index is 0.0573. The zero-order valence-corrected chi connectivity index (χ0v) is 11.4. The Morgan fingerprint density at radius 1 is 1.35 bits per heavy atom. The van der Waals surface area contributed by atoms with E-state index in [4.69, 9.17) is 0 Å². The SMILES string of the molecule is Cc1cnc(C(=O)N2CCCCC2c2ccn[nH]2)cn1. The van der Waals surface area contributed by atoms with Gasteiger partial charge in [-0.1, -0.05) is 0 Å². The molecule has 1 amide bonds. The highest BCUT2D eigenvalue weighted by molar-refractivity contribution is 5.92. The lowest BCUT2D eigenvalue weighted by Gasteiger charge is -2.34. The van der Waals surface area contributed by atoms with Gasteiger partial charge in [0, 0.05) is 18.9 Å². The fourth-order valence-corrected chi connectivity index (χ4v) is 2.60. The van der Waals surface area contributed by atoms with Crippen molar-refractivity contribution in [2.75, 3.05) is 6.54 Å². The van der Waals surface area contributed by atoms with Crippen LogP contribution in [0.25, 0.3) is 0 Å². The highest BCUT2D eigenvalue weighted by Crippen LogP contribution is 2.30. The molecule has 1 fully saturated rings. The number of hydrogen-bond donors (Lipinski definition) is 1. The third kappa shape index (κ3) is 2.41. The van der Waals surface area contributed by atoms with E-state index in [2.05, 4.69) is 20.2 Å². The summed E-state index contributed by atoms with van der Waals surface area (Å²) >= 11 is 0. The first-order valence-corrected chi connectivity index (χ1v) is 6.84. The summed E-state index contributed by atoms with van der Waals surface area (Å²) in [5.41, 5.74) is 2.20. The van der Waals surface area contributed by atoms with Crippen LogP contribution in [0.4, 0.5) is 0 Å². The highest BCUT2D eigenvalue weighted by atomic mass is 16.2. The maximum atomic E-state index is 12.6. The third-order valence-corrected chi connectivity index (χ3v) is 3.64. The number of nitrogens with zero attached hydrogens (tertiary/aromatic N) is 4. The molecule has 1 saturated heterocycles. The van der Waals surface area contributed by atoms with Gasteiger partial charge >= 0.3 is 0 Å². The first kappa shape index (κ1) is 12.8. The molecule has 3 rings (SSSR count). The predicted molar refractivity (Wildman–Crippen MR) is 73.0 cm³/mol. The molecule has 6 nitrogen and oxygen atoms in total. The van der Waals surface area contributed by atoms with E-state index >= 15 is 0 Å². The van der Waals surface area contributed by atoms with Gasteiger partial charge in [-0.2, -0.15) is 5.10 Å². The summed E-state index contributed by atoms with van der Waals surface area (Å²) in [5.74, 6) is -0.0585. The fourth-order valence-electron chi connectivity index (χ4n) is 2.60. The van der Waals surface area contributed by atoms with Crippen LogP contribution < -0.4 is 0 Å². The summed E-state index contributed by atoms with van der Waals surface area (Å²) in [6.45, 7) is 2.60. The maximum Gasteiger partial charge on any atom is 0.274 e. The number of rotatable bonds is 2. The molecular formula is C14H17N5O. The van der Waals surface area contributed by atoms with Crippen LogP contribution in [-0.4, -0.2) is 37.5 Å². The van der Waals surface area contributed by atoms with Crippen molar-refractivity contribution >= 4 is 5.91 Å². The second-order valence-electron chi connectivity index (χ2n) is 5.07. The number of nitrogens with one attached hydrogen (secondary N) is 1. The standard InChI is InChI=1S/C14H17N5O/c1-10-8-16-12(9-15-10)14(20)19-7-3-2-4-13(19)11-5-6-17-18-11/h5-6,8-9,13H,2-4,7H2,1H3,(H,17,18). The Hall–Kier alpha value is -2.24. The molecule has 0 spiro atoms. The van der Waals surface area contributed by atoms with Crippen LogP contribution in [0.5, 0.6) is 0 Å². The summed E-state index contributed by atoms with van der Waals surface area (Å²) in [6, 6.07) is 1.98. The predicted octanol–water partition coefficient (Wildman–Crippen LogP) is 1.88. The molecule has 1 atom stereocenters. The van der Waals surface area contributed by atoms with Crippen molar-refractivity contribution in [2.45, 2.75) is 32.2 Å². The average molecular weight is 271 g/mol. The van der Waals surface area contributed by atoms with Crippen LogP contribution in [0, 0.1) is 6.92 Å². The van der Waals surface area contributed by atoms with Gasteiger partial charge in [0.2, 0.25) is 0 Å². The Kier molecular flexibility index (Phi) is 3.45. The lowest BCUT2D eigenvalue weighted by molar-refractivity contribution is 0.0599. The van der Waals surface area contributed by atoms with E-state index in [1.54, 1.807) is 18.6 Å². The molecule has 0 aliphatic carbocycles. The van der Waals surface area contributed by atoms with Crippen molar-refractivity contribution < 1.29 is 4.79 Å². The Labute approximate surface area is 117 Å². The highest BCUT2D eigenvalue weighted by Gasteiger charge is 2.30. The molecule has 3 heterocycles. The topological polar surface area (TPSA) is 74.8 Å². The number of amides is 1. The number of aromatic nitrogens is 4. The molecule has 1 aliphatic rings. The van der Waals surface area contributed by atoms with E-state index < -0.39 is 0 Å². The Balaban J connectivity index is 1.86.